The van der Waals surface area contributed by atoms with E-state index >= 15 is 0 Å². The van der Waals surface area contributed by atoms with Gasteiger partial charge in [0, 0.05) is 18.3 Å². The highest BCUT2D eigenvalue weighted by Gasteiger charge is 2.27. The molecule has 1 aromatic carbocycles. The standard InChI is InChI=1S/C20H22N2O6/c1-10-16(20(26)27-5)11(2)21-17(10)18(24)12(3)28-19(25)14-7-6-8-15(9-14)22-13(4)23/h6-9,12,21H,1-5H3,(H,22,23)/t12-/m0/s1. The normalized spacial score (nSPS) is 11.5. The number of nitrogens with one attached hydrogen (secondary N) is 2. The lowest BCUT2D eigenvalue weighted by Gasteiger charge is -2.13. The lowest BCUT2D eigenvalue weighted by atomic mass is 10.1. The van der Waals surface area contributed by atoms with Gasteiger partial charge in [-0.15, -0.1) is 0 Å². The molecule has 8 nitrogen and oxygen atoms in total. The minimum atomic E-state index is -1.08. The minimum absolute atomic E-state index is 0.185. The Bertz CT molecular complexity index is 944. The monoisotopic (exact) mass is 386 g/mol. The van der Waals surface area contributed by atoms with E-state index in [1.165, 1.54) is 33.1 Å². The van der Waals surface area contributed by atoms with Crippen LogP contribution in [0.25, 0.3) is 0 Å². The lowest BCUT2D eigenvalue weighted by Crippen LogP contribution is -2.25. The van der Waals surface area contributed by atoms with Crippen molar-refractivity contribution < 1.29 is 28.7 Å². The van der Waals surface area contributed by atoms with E-state index in [4.69, 9.17) is 9.47 Å². The molecule has 148 valence electrons. The number of ketones is 1. The summed E-state index contributed by atoms with van der Waals surface area (Å²) in [6.07, 6.45) is -1.08. The van der Waals surface area contributed by atoms with E-state index in [0.29, 0.717) is 16.9 Å². The molecule has 1 heterocycles. The minimum Gasteiger partial charge on any atom is -0.465 e. The number of hydrogen-bond donors (Lipinski definition) is 2. The first-order valence-corrected chi connectivity index (χ1v) is 8.56. The number of hydrogen-bond acceptors (Lipinski definition) is 6. The van der Waals surface area contributed by atoms with Crippen LogP contribution < -0.4 is 5.32 Å². The summed E-state index contributed by atoms with van der Waals surface area (Å²) in [5.74, 6) is -2.00. The molecule has 0 saturated carbocycles. The van der Waals surface area contributed by atoms with E-state index in [9.17, 15) is 19.2 Å². The molecule has 0 radical (unpaired) electrons. The van der Waals surface area contributed by atoms with Gasteiger partial charge >= 0.3 is 11.9 Å². The number of Topliss-reactive ketones (excluding diaryl/α,β-unsaturated/α-hetero) is 1. The van der Waals surface area contributed by atoms with Crippen LogP contribution in [-0.2, 0) is 14.3 Å². The van der Waals surface area contributed by atoms with Crippen molar-refractivity contribution in [2.75, 3.05) is 12.4 Å². The maximum absolute atomic E-state index is 12.7. The maximum atomic E-state index is 12.7. The van der Waals surface area contributed by atoms with Crippen molar-refractivity contribution in [2.24, 2.45) is 0 Å². The van der Waals surface area contributed by atoms with Crippen molar-refractivity contribution in [2.45, 2.75) is 33.8 Å². The van der Waals surface area contributed by atoms with E-state index in [0.717, 1.165) is 0 Å². The van der Waals surface area contributed by atoms with Gasteiger partial charge in [-0.2, -0.15) is 0 Å². The quantitative estimate of drug-likeness (QED) is 0.583. The van der Waals surface area contributed by atoms with Crippen molar-refractivity contribution in [3.05, 3.63) is 52.3 Å². The summed E-state index contributed by atoms with van der Waals surface area (Å²) in [4.78, 5) is 50.9. The summed E-state index contributed by atoms with van der Waals surface area (Å²) in [6, 6.07) is 6.20. The van der Waals surface area contributed by atoms with Gasteiger partial charge in [-0.3, -0.25) is 9.59 Å². The molecule has 0 aliphatic rings. The first kappa shape index (κ1) is 20.9. The molecule has 2 rings (SSSR count). The van der Waals surface area contributed by atoms with E-state index in [-0.39, 0.29) is 22.7 Å². The van der Waals surface area contributed by atoms with Crippen LogP contribution >= 0.6 is 0 Å². The zero-order valence-electron chi connectivity index (χ0n) is 16.3. The fraction of sp³-hybridized carbons (Fsp3) is 0.300. The van der Waals surface area contributed by atoms with E-state index in [1.807, 2.05) is 0 Å². The Hall–Kier alpha value is -3.42. The number of aromatic nitrogens is 1. The summed E-state index contributed by atoms with van der Waals surface area (Å²) in [7, 11) is 1.26. The Morgan fingerprint density at radius 1 is 1.11 bits per heavy atom. The number of ether oxygens (including phenoxy) is 2. The third-order valence-corrected chi connectivity index (χ3v) is 4.15. The molecule has 2 aromatic rings. The highest BCUT2D eigenvalue weighted by atomic mass is 16.5. The van der Waals surface area contributed by atoms with Crippen LogP contribution in [0.3, 0.4) is 0 Å². The van der Waals surface area contributed by atoms with Crippen molar-refractivity contribution in [3.8, 4) is 0 Å². The number of methoxy groups -OCH3 is 1. The highest BCUT2D eigenvalue weighted by molar-refractivity contribution is 6.04. The first-order valence-electron chi connectivity index (χ1n) is 8.56. The molecule has 28 heavy (non-hydrogen) atoms. The van der Waals surface area contributed by atoms with Crippen LogP contribution in [0.15, 0.2) is 24.3 Å². The van der Waals surface area contributed by atoms with Crippen molar-refractivity contribution in [3.63, 3.8) is 0 Å². The molecule has 0 aliphatic carbocycles. The third-order valence-electron chi connectivity index (χ3n) is 4.15. The molecule has 0 spiro atoms. The number of aryl methyl sites for hydroxylation is 1. The Morgan fingerprint density at radius 2 is 1.79 bits per heavy atom. The number of aromatic amines is 1. The van der Waals surface area contributed by atoms with Gasteiger partial charge in [0.25, 0.3) is 0 Å². The molecule has 0 saturated heterocycles. The van der Waals surface area contributed by atoms with Gasteiger partial charge < -0.3 is 19.8 Å². The summed E-state index contributed by atoms with van der Waals surface area (Å²) in [5, 5.41) is 2.57. The molecule has 0 aliphatic heterocycles. The number of rotatable bonds is 6. The summed E-state index contributed by atoms with van der Waals surface area (Å²) >= 11 is 0. The summed E-state index contributed by atoms with van der Waals surface area (Å²) < 4.78 is 9.99. The van der Waals surface area contributed by atoms with E-state index in [1.54, 1.807) is 26.0 Å². The van der Waals surface area contributed by atoms with Crippen LogP contribution in [0.2, 0.25) is 0 Å². The van der Waals surface area contributed by atoms with Crippen LogP contribution in [-0.4, -0.2) is 41.8 Å². The summed E-state index contributed by atoms with van der Waals surface area (Å²) in [6.45, 7) is 6.08. The largest absolute Gasteiger partial charge is 0.465 e. The Labute approximate surface area is 162 Å². The molecular formula is C20H22N2O6. The van der Waals surface area contributed by atoms with Crippen molar-refractivity contribution >= 4 is 29.3 Å². The predicted molar refractivity (Wildman–Crippen MR) is 102 cm³/mol. The molecular weight excluding hydrogens is 364 g/mol. The van der Waals surface area contributed by atoms with Gasteiger partial charge in [0.15, 0.2) is 6.10 Å². The molecule has 1 amide bonds. The fourth-order valence-corrected chi connectivity index (χ4v) is 2.82. The number of anilines is 1. The average molecular weight is 386 g/mol. The molecule has 2 N–H and O–H groups in total. The van der Waals surface area contributed by atoms with E-state index in [2.05, 4.69) is 10.3 Å². The lowest BCUT2D eigenvalue weighted by molar-refractivity contribution is -0.114. The number of carbonyl (C=O) groups excluding carboxylic acids is 4. The number of H-pyrrole nitrogens is 1. The van der Waals surface area contributed by atoms with Crippen LogP contribution in [0, 0.1) is 13.8 Å². The highest BCUT2D eigenvalue weighted by Crippen LogP contribution is 2.21. The first-order chi connectivity index (χ1) is 13.1. The summed E-state index contributed by atoms with van der Waals surface area (Å²) in [5.41, 5.74) is 2.04. The van der Waals surface area contributed by atoms with Gasteiger partial charge in [-0.05, 0) is 44.5 Å². The molecule has 0 bridgehead atoms. The van der Waals surface area contributed by atoms with Crippen LogP contribution in [0.5, 0.6) is 0 Å². The predicted octanol–water partition coefficient (Wildman–Crippen LogP) is 2.80. The molecule has 8 heteroatoms. The van der Waals surface area contributed by atoms with Gasteiger partial charge in [-0.1, -0.05) is 6.07 Å². The molecule has 0 fully saturated rings. The second-order valence-corrected chi connectivity index (χ2v) is 6.29. The smallest absolute Gasteiger partial charge is 0.339 e. The SMILES string of the molecule is COC(=O)c1c(C)[nH]c(C(=O)[C@H](C)OC(=O)c2cccc(NC(C)=O)c2)c1C. The zero-order valence-corrected chi connectivity index (χ0v) is 16.3. The third kappa shape index (κ3) is 4.46. The van der Waals surface area contributed by atoms with Crippen molar-refractivity contribution in [1.82, 2.24) is 4.98 Å². The Kier molecular flexibility index (Phi) is 6.35. The molecule has 0 unspecified atom stereocenters. The average Bonchev–Trinajstić information content (AvgIpc) is 2.94. The zero-order chi connectivity index (χ0) is 21.0. The number of benzene rings is 1. The number of amides is 1. The van der Waals surface area contributed by atoms with Gasteiger partial charge in [0.05, 0.1) is 23.9 Å². The van der Waals surface area contributed by atoms with E-state index < -0.39 is 23.8 Å². The molecule has 1 atom stereocenters. The Balaban J connectivity index is 2.18. The second kappa shape index (κ2) is 8.51. The van der Waals surface area contributed by atoms with Gasteiger partial charge in [-0.25, -0.2) is 9.59 Å². The Morgan fingerprint density at radius 3 is 2.39 bits per heavy atom. The van der Waals surface area contributed by atoms with Gasteiger partial charge in [0.1, 0.15) is 0 Å². The second-order valence-electron chi connectivity index (χ2n) is 6.29. The maximum Gasteiger partial charge on any atom is 0.339 e. The molecule has 1 aromatic heterocycles. The fourth-order valence-electron chi connectivity index (χ4n) is 2.82. The van der Waals surface area contributed by atoms with Gasteiger partial charge in [0.2, 0.25) is 11.7 Å². The topological polar surface area (TPSA) is 115 Å². The van der Waals surface area contributed by atoms with Crippen LogP contribution in [0.4, 0.5) is 5.69 Å². The number of carbonyl (C=O) groups is 4. The number of esters is 2. The van der Waals surface area contributed by atoms with Crippen molar-refractivity contribution in [1.29, 1.82) is 0 Å². The van der Waals surface area contributed by atoms with Crippen LogP contribution in [0.1, 0.15) is 56.3 Å².